The quantitative estimate of drug-likeness (QED) is 0.538. The van der Waals surface area contributed by atoms with Crippen LogP contribution in [0.25, 0.3) is 0 Å². The van der Waals surface area contributed by atoms with Crippen LogP contribution in [0.1, 0.15) is 92.9 Å². The van der Waals surface area contributed by atoms with Crippen molar-refractivity contribution in [3.05, 3.63) is 23.3 Å². The van der Waals surface area contributed by atoms with Crippen molar-refractivity contribution in [1.29, 1.82) is 0 Å². The van der Waals surface area contributed by atoms with Crippen LogP contribution in [0.5, 0.6) is 0 Å². The number of aliphatic hydroxyl groups excluding tert-OH is 1. The van der Waals surface area contributed by atoms with Gasteiger partial charge in [0.1, 0.15) is 0 Å². The van der Waals surface area contributed by atoms with Gasteiger partial charge in [-0.15, -0.1) is 0 Å². The van der Waals surface area contributed by atoms with Gasteiger partial charge in [-0.1, -0.05) is 50.5 Å². The normalized spacial score (nSPS) is 34.5. The molecule has 1 nitrogen and oxygen atoms in total. The lowest BCUT2D eigenvalue weighted by molar-refractivity contribution is -0.0390. The van der Waals surface area contributed by atoms with Gasteiger partial charge in [-0.25, -0.2) is 0 Å². The predicted octanol–water partition coefficient (Wildman–Crippen LogP) is 6.67. The van der Waals surface area contributed by atoms with E-state index in [1.54, 1.807) is 5.57 Å². The molecule has 2 rings (SSSR count). The summed E-state index contributed by atoms with van der Waals surface area (Å²) in [6.45, 7) is 14.1. The maximum Gasteiger partial charge on any atom is 0.0515 e. The summed E-state index contributed by atoms with van der Waals surface area (Å²) in [5.74, 6) is 1.59. The van der Waals surface area contributed by atoms with E-state index in [2.05, 4.69) is 46.8 Å². The zero-order chi connectivity index (χ0) is 18.0. The van der Waals surface area contributed by atoms with E-state index >= 15 is 0 Å². The summed E-state index contributed by atoms with van der Waals surface area (Å²) in [6.07, 6.45) is 14.6. The Kier molecular flexibility index (Phi) is 6.40. The summed E-state index contributed by atoms with van der Waals surface area (Å²) in [4.78, 5) is 0. The fraction of sp³-hybridized carbons (Fsp3) is 0.826. The van der Waals surface area contributed by atoms with Crippen molar-refractivity contribution in [3.8, 4) is 0 Å². The van der Waals surface area contributed by atoms with Gasteiger partial charge >= 0.3 is 0 Å². The van der Waals surface area contributed by atoms with Crippen LogP contribution in [0.3, 0.4) is 0 Å². The van der Waals surface area contributed by atoms with Crippen LogP contribution < -0.4 is 0 Å². The summed E-state index contributed by atoms with van der Waals surface area (Å²) >= 11 is 0. The summed E-state index contributed by atoms with van der Waals surface area (Å²) in [6, 6.07) is 0. The second kappa shape index (κ2) is 7.77. The van der Waals surface area contributed by atoms with E-state index < -0.39 is 0 Å². The Morgan fingerprint density at radius 3 is 2.71 bits per heavy atom. The fourth-order valence-electron chi connectivity index (χ4n) is 5.74. The molecule has 24 heavy (non-hydrogen) atoms. The molecule has 1 N–H and O–H groups in total. The van der Waals surface area contributed by atoms with Crippen LogP contribution in [0.4, 0.5) is 0 Å². The minimum Gasteiger partial charge on any atom is -0.393 e. The van der Waals surface area contributed by atoms with Gasteiger partial charge in [0.25, 0.3) is 0 Å². The summed E-state index contributed by atoms with van der Waals surface area (Å²) in [5.41, 5.74) is 4.12. The smallest absolute Gasteiger partial charge is 0.0515 e. The zero-order valence-electron chi connectivity index (χ0n) is 17.0. The Bertz CT molecular complexity index is 482. The second-order valence-electron chi connectivity index (χ2n) is 9.65. The first-order chi connectivity index (χ1) is 11.2. The van der Waals surface area contributed by atoms with Gasteiger partial charge in [0.05, 0.1) is 6.10 Å². The van der Waals surface area contributed by atoms with E-state index in [0.717, 1.165) is 24.7 Å². The first-order valence-electron chi connectivity index (χ1n) is 10.2. The van der Waals surface area contributed by atoms with Crippen molar-refractivity contribution >= 4 is 0 Å². The van der Waals surface area contributed by atoms with Gasteiger partial charge in [0.2, 0.25) is 0 Å². The van der Waals surface area contributed by atoms with Crippen LogP contribution in [0.2, 0.25) is 0 Å². The summed E-state index contributed by atoms with van der Waals surface area (Å²) in [7, 11) is 0. The van der Waals surface area contributed by atoms with E-state index in [4.69, 9.17) is 0 Å². The van der Waals surface area contributed by atoms with Crippen molar-refractivity contribution in [2.24, 2.45) is 22.7 Å². The number of aliphatic hydroxyl groups is 1. The molecule has 0 amide bonds. The van der Waals surface area contributed by atoms with E-state index in [0.29, 0.717) is 10.8 Å². The molecule has 0 saturated heterocycles. The summed E-state index contributed by atoms with van der Waals surface area (Å²) < 4.78 is 0. The molecule has 0 unspecified atom stereocenters. The highest BCUT2D eigenvalue weighted by Crippen LogP contribution is 2.60. The van der Waals surface area contributed by atoms with Gasteiger partial charge in [-0.05, 0) is 88.4 Å². The van der Waals surface area contributed by atoms with Gasteiger partial charge < -0.3 is 5.11 Å². The Labute approximate surface area is 150 Å². The van der Waals surface area contributed by atoms with E-state index in [1.165, 1.54) is 44.1 Å². The monoisotopic (exact) mass is 332 g/mol. The minimum absolute atomic E-state index is 0.179. The van der Waals surface area contributed by atoms with Crippen LogP contribution >= 0.6 is 0 Å². The average Bonchev–Trinajstić information content (AvgIpc) is 2.45. The molecule has 1 saturated carbocycles. The highest BCUT2D eigenvalue weighted by Gasteiger charge is 2.51. The Balaban J connectivity index is 2.05. The molecular formula is C23H40O. The molecule has 2 aliphatic carbocycles. The molecule has 0 radical (unpaired) electrons. The molecule has 0 aromatic rings. The third-order valence-corrected chi connectivity index (χ3v) is 7.20. The number of hydrogen-bond donors (Lipinski definition) is 1. The first-order valence-corrected chi connectivity index (χ1v) is 10.2. The Morgan fingerprint density at radius 2 is 2.04 bits per heavy atom. The lowest BCUT2D eigenvalue weighted by atomic mass is 9.48. The molecule has 4 atom stereocenters. The lowest BCUT2D eigenvalue weighted by Gasteiger charge is -2.57. The predicted molar refractivity (Wildman–Crippen MR) is 105 cm³/mol. The lowest BCUT2D eigenvalue weighted by Crippen LogP contribution is -2.48. The Hall–Kier alpha value is -0.560. The van der Waals surface area contributed by atoms with Crippen LogP contribution in [-0.2, 0) is 0 Å². The SMILES string of the molecule is CC1=CC[C@@H]2C(C)(C)CCC[C@@]2(C)[C@@H]1CC/C(C)=C/CC[C@@H](C)O. The van der Waals surface area contributed by atoms with E-state index in [1.807, 2.05) is 6.92 Å². The van der Waals surface area contributed by atoms with Crippen LogP contribution in [0.15, 0.2) is 23.3 Å². The topological polar surface area (TPSA) is 20.2 Å². The van der Waals surface area contributed by atoms with Crippen molar-refractivity contribution < 1.29 is 5.11 Å². The molecule has 138 valence electrons. The van der Waals surface area contributed by atoms with Crippen molar-refractivity contribution in [3.63, 3.8) is 0 Å². The fourth-order valence-corrected chi connectivity index (χ4v) is 5.74. The van der Waals surface area contributed by atoms with Crippen molar-refractivity contribution in [2.45, 2.75) is 99.0 Å². The molecular weight excluding hydrogens is 292 g/mol. The number of fused-ring (bicyclic) bond motifs is 1. The van der Waals surface area contributed by atoms with Crippen LogP contribution in [-0.4, -0.2) is 11.2 Å². The third-order valence-electron chi connectivity index (χ3n) is 7.20. The Morgan fingerprint density at radius 1 is 1.33 bits per heavy atom. The minimum atomic E-state index is -0.179. The van der Waals surface area contributed by atoms with Gasteiger partial charge in [0, 0.05) is 0 Å². The van der Waals surface area contributed by atoms with E-state index in [-0.39, 0.29) is 6.10 Å². The number of hydrogen-bond acceptors (Lipinski definition) is 1. The van der Waals surface area contributed by atoms with Crippen LogP contribution in [0, 0.1) is 22.7 Å². The molecule has 0 spiro atoms. The number of allylic oxidation sites excluding steroid dienone is 4. The molecule has 0 heterocycles. The molecule has 1 heteroatoms. The van der Waals surface area contributed by atoms with Crippen molar-refractivity contribution in [2.75, 3.05) is 0 Å². The summed E-state index contributed by atoms with van der Waals surface area (Å²) in [5, 5.41) is 9.41. The maximum absolute atomic E-state index is 9.41. The molecule has 1 fully saturated rings. The zero-order valence-corrected chi connectivity index (χ0v) is 17.0. The number of rotatable bonds is 6. The van der Waals surface area contributed by atoms with Gasteiger partial charge in [-0.3, -0.25) is 0 Å². The molecule has 0 aromatic heterocycles. The molecule has 0 aromatic carbocycles. The molecule has 0 aliphatic heterocycles. The standard InChI is InChI=1S/C23H40O/c1-17(9-7-10-19(3)24)11-13-20-18(2)12-14-21-22(4,5)15-8-16-23(20,21)6/h9,12,19-21,24H,7-8,10-11,13-16H2,1-6H3/b17-9+/t19-,20-,21-,23+/m1/s1. The maximum atomic E-state index is 9.41. The van der Waals surface area contributed by atoms with E-state index in [9.17, 15) is 5.11 Å². The average molecular weight is 333 g/mol. The molecule has 0 bridgehead atoms. The highest BCUT2D eigenvalue weighted by molar-refractivity contribution is 5.19. The third kappa shape index (κ3) is 4.34. The highest BCUT2D eigenvalue weighted by atomic mass is 16.3. The molecule has 2 aliphatic rings. The largest absolute Gasteiger partial charge is 0.393 e. The van der Waals surface area contributed by atoms with Crippen molar-refractivity contribution in [1.82, 2.24) is 0 Å². The first kappa shape index (κ1) is 19.8. The van der Waals surface area contributed by atoms with Gasteiger partial charge in [-0.2, -0.15) is 0 Å². The van der Waals surface area contributed by atoms with Gasteiger partial charge in [0.15, 0.2) is 0 Å². The second-order valence-corrected chi connectivity index (χ2v) is 9.65.